The van der Waals surface area contributed by atoms with Gasteiger partial charge < -0.3 is 15.4 Å². The molecular weight excluding hydrogens is 339 g/mol. The monoisotopic (exact) mass is 358 g/mol. The van der Waals surface area contributed by atoms with Crippen molar-refractivity contribution in [2.24, 2.45) is 5.41 Å². The molecule has 23 heavy (non-hydrogen) atoms. The van der Waals surface area contributed by atoms with Crippen LogP contribution in [0, 0.1) is 5.41 Å². The molecule has 2 N–H and O–H groups in total. The molecule has 126 valence electrons. The van der Waals surface area contributed by atoms with E-state index in [4.69, 9.17) is 27.9 Å². The number of amides is 2. The molecule has 5 nitrogen and oxygen atoms in total. The normalized spacial score (nSPS) is 17.8. The average molecular weight is 359 g/mol. The fraction of sp³-hybridized carbons (Fsp3) is 0.500. The molecular formula is C16H20Cl2N2O3. The minimum Gasteiger partial charge on any atom is -0.376 e. The third-order valence-corrected chi connectivity index (χ3v) is 4.67. The number of nitrogens with one attached hydrogen (secondary N) is 2. The lowest BCUT2D eigenvalue weighted by Crippen LogP contribution is -2.47. The van der Waals surface area contributed by atoms with E-state index in [0.29, 0.717) is 17.3 Å². The van der Waals surface area contributed by atoms with Crippen LogP contribution in [0.4, 0.5) is 5.69 Å². The SMILES string of the molecule is CC(C)(C(=O)NCC1CCCO1)C(=O)Nc1cccc(Cl)c1Cl. The minimum atomic E-state index is -1.25. The first-order chi connectivity index (χ1) is 10.8. The zero-order valence-corrected chi connectivity index (χ0v) is 14.6. The molecule has 0 aromatic heterocycles. The van der Waals surface area contributed by atoms with Crippen molar-refractivity contribution in [1.29, 1.82) is 0 Å². The predicted octanol–water partition coefficient (Wildman–Crippen LogP) is 3.25. The van der Waals surface area contributed by atoms with Gasteiger partial charge in [-0.05, 0) is 38.8 Å². The summed E-state index contributed by atoms with van der Waals surface area (Å²) in [6.07, 6.45) is 1.95. The van der Waals surface area contributed by atoms with E-state index in [1.807, 2.05) is 0 Å². The van der Waals surface area contributed by atoms with Crippen LogP contribution in [0.3, 0.4) is 0 Å². The van der Waals surface area contributed by atoms with Gasteiger partial charge in [-0.2, -0.15) is 0 Å². The van der Waals surface area contributed by atoms with E-state index in [1.165, 1.54) is 0 Å². The Morgan fingerprint density at radius 1 is 1.30 bits per heavy atom. The molecule has 2 rings (SSSR count). The van der Waals surface area contributed by atoms with Gasteiger partial charge in [-0.15, -0.1) is 0 Å². The Labute approximate surface area is 145 Å². The topological polar surface area (TPSA) is 67.4 Å². The van der Waals surface area contributed by atoms with Gasteiger partial charge in [0.25, 0.3) is 0 Å². The first-order valence-corrected chi connectivity index (χ1v) is 8.23. The number of halogens is 2. The summed E-state index contributed by atoms with van der Waals surface area (Å²) >= 11 is 12.0. The zero-order chi connectivity index (χ0) is 17.0. The summed E-state index contributed by atoms with van der Waals surface area (Å²) in [5.74, 6) is -0.810. The van der Waals surface area contributed by atoms with Gasteiger partial charge in [0.15, 0.2) is 0 Å². The zero-order valence-electron chi connectivity index (χ0n) is 13.1. The Bertz CT molecular complexity index is 599. The lowest BCUT2D eigenvalue weighted by molar-refractivity contribution is -0.138. The molecule has 1 aromatic carbocycles. The molecule has 1 fully saturated rings. The quantitative estimate of drug-likeness (QED) is 0.793. The van der Waals surface area contributed by atoms with Crippen molar-refractivity contribution in [2.75, 3.05) is 18.5 Å². The number of benzene rings is 1. The second-order valence-electron chi connectivity index (χ2n) is 6.03. The van der Waals surface area contributed by atoms with Crippen molar-refractivity contribution < 1.29 is 14.3 Å². The first kappa shape index (κ1) is 18.0. The van der Waals surface area contributed by atoms with Crippen molar-refractivity contribution in [3.05, 3.63) is 28.2 Å². The molecule has 2 amide bonds. The van der Waals surface area contributed by atoms with Crippen LogP contribution in [-0.4, -0.2) is 31.1 Å². The molecule has 0 aliphatic carbocycles. The number of hydrogen-bond acceptors (Lipinski definition) is 3. The summed E-state index contributed by atoms with van der Waals surface area (Å²) in [5, 5.41) is 6.01. The molecule has 1 unspecified atom stereocenters. The van der Waals surface area contributed by atoms with Crippen LogP contribution in [0.2, 0.25) is 10.0 Å². The summed E-state index contributed by atoms with van der Waals surface area (Å²) in [6.45, 7) is 4.25. The summed E-state index contributed by atoms with van der Waals surface area (Å²) in [4.78, 5) is 24.7. The van der Waals surface area contributed by atoms with Gasteiger partial charge in [-0.25, -0.2) is 0 Å². The second kappa shape index (κ2) is 7.51. The van der Waals surface area contributed by atoms with Crippen LogP contribution >= 0.6 is 23.2 Å². The molecule has 1 heterocycles. The Morgan fingerprint density at radius 2 is 2.04 bits per heavy atom. The van der Waals surface area contributed by atoms with Crippen molar-refractivity contribution in [2.45, 2.75) is 32.8 Å². The maximum absolute atomic E-state index is 12.4. The maximum Gasteiger partial charge on any atom is 0.239 e. The van der Waals surface area contributed by atoms with Gasteiger partial charge in [-0.3, -0.25) is 9.59 Å². The van der Waals surface area contributed by atoms with Gasteiger partial charge in [0, 0.05) is 13.2 Å². The third kappa shape index (κ3) is 4.37. The number of anilines is 1. The largest absolute Gasteiger partial charge is 0.376 e. The van der Waals surface area contributed by atoms with E-state index in [2.05, 4.69) is 10.6 Å². The fourth-order valence-electron chi connectivity index (χ4n) is 2.21. The van der Waals surface area contributed by atoms with Crippen molar-refractivity contribution >= 4 is 40.7 Å². The standard InChI is InChI=1S/C16H20Cl2N2O3/c1-16(2,14(21)19-9-10-5-4-8-23-10)15(22)20-12-7-3-6-11(17)13(12)18/h3,6-7,10H,4-5,8-9H2,1-2H3,(H,19,21)(H,20,22). The first-order valence-electron chi connectivity index (χ1n) is 7.47. The molecule has 0 spiro atoms. The van der Waals surface area contributed by atoms with Gasteiger partial charge in [0.1, 0.15) is 5.41 Å². The van der Waals surface area contributed by atoms with Crippen LogP contribution in [0.1, 0.15) is 26.7 Å². The predicted molar refractivity (Wildman–Crippen MR) is 90.9 cm³/mol. The Hall–Kier alpha value is -1.30. The Kier molecular flexibility index (Phi) is 5.89. The van der Waals surface area contributed by atoms with E-state index in [0.717, 1.165) is 19.4 Å². The minimum absolute atomic E-state index is 0.0279. The van der Waals surface area contributed by atoms with Crippen molar-refractivity contribution in [3.63, 3.8) is 0 Å². The number of ether oxygens (including phenoxy) is 1. The van der Waals surface area contributed by atoms with E-state index >= 15 is 0 Å². The highest BCUT2D eigenvalue weighted by atomic mass is 35.5. The summed E-state index contributed by atoms with van der Waals surface area (Å²) in [5.41, 5.74) is -0.867. The summed E-state index contributed by atoms with van der Waals surface area (Å²) in [7, 11) is 0. The lowest BCUT2D eigenvalue weighted by Gasteiger charge is -2.24. The molecule has 0 radical (unpaired) electrons. The number of carbonyl (C=O) groups is 2. The van der Waals surface area contributed by atoms with Crippen LogP contribution in [0.5, 0.6) is 0 Å². The summed E-state index contributed by atoms with van der Waals surface area (Å²) < 4.78 is 5.45. The third-order valence-electron chi connectivity index (χ3n) is 3.85. The smallest absolute Gasteiger partial charge is 0.239 e. The molecule has 7 heteroatoms. The highest BCUT2D eigenvalue weighted by Crippen LogP contribution is 2.31. The van der Waals surface area contributed by atoms with Crippen molar-refractivity contribution in [3.8, 4) is 0 Å². The molecule has 0 bridgehead atoms. The number of rotatable bonds is 5. The maximum atomic E-state index is 12.4. The van der Waals surface area contributed by atoms with Gasteiger partial charge in [0.05, 0.1) is 21.8 Å². The van der Waals surface area contributed by atoms with Crippen molar-refractivity contribution in [1.82, 2.24) is 5.32 Å². The molecule has 0 saturated carbocycles. The van der Waals surface area contributed by atoms with Crippen LogP contribution < -0.4 is 10.6 Å². The van der Waals surface area contributed by atoms with E-state index in [-0.39, 0.29) is 17.0 Å². The van der Waals surface area contributed by atoms with E-state index in [9.17, 15) is 9.59 Å². The Morgan fingerprint density at radius 3 is 2.70 bits per heavy atom. The average Bonchev–Trinajstić information content (AvgIpc) is 3.02. The van der Waals surface area contributed by atoms with E-state index in [1.54, 1.807) is 32.0 Å². The number of hydrogen-bond donors (Lipinski definition) is 2. The van der Waals surface area contributed by atoms with Gasteiger partial charge in [-0.1, -0.05) is 29.3 Å². The molecule has 1 atom stereocenters. The Balaban J connectivity index is 1.98. The van der Waals surface area contributed by atoms with Crippen LogP contribution in [0.15, 0.2) is 18.2 Å². The second-order valence-corrected chi connectivity index (χ2v) is 6.81. The molecule has 1 aromatic rings. The lowest BCUT2D eigenvalue weighted by atomic mass is 9.91. The molecule has 1 saturated heterocycles. The van der Waals surface area contributed by atoms with Gasteiger partial charge >= 0.3 is 0 Å². The van der Waals surface area contributed by atoms with Crippen LogP contribution in [0.25, 0.3) is 0 Å². The molecule has 1 aliphatic rings. The van der Waals surface area contributed by atoms with Crippen LogP contribution in [-0.2, 0) is 14.3 Å². The highest BCUT2D eigenvalue weighted by Gasteiger charge is 2.36. The van der Waals surface area contributed by atoms with Gasteiger partial charge in [0.2, 0.25) is 11.8 Å². The molecule has 1 aliphatic heterocycles. The number of carbonyl (C=O) groups excluding carboxylic acids is 2. The fourth-order valence-corrected chi connectivity index (χ4v) is 2.56. The van der Waals surface area contributed by atoms with E-state index < -0.39 is 11.3 Å². The summed E-state index contributed by atoms with van der Waals surface area (Å²) in [6, 6.07) is 4.93. The highest BCUT2D eigenvalue weighted by molar-refractivity contribution is 6.44.